The van der Waals surface area contributed by atoms with Gasteiger partial charge in [0.1, 0.15) is 17.9 Å². The van der Waals surface area contributed by atoms with Crippen LogP contribution in [0.4, 0.5) is 0 Å². The van der Waals surface area contributed by atoms with Crippen molar-refractivity contribution in [3.05, 3.63) is 12.2 Å². The fraction of sp³-hybridized carbons (Fsp3) is 0.769. The van der Waals surface area contributed by atoms with Gasteiger partial charge in [-0.25, -0.2) is 9.67 Å². The predicted octanol–water partition coefficient (Wildman–Crippen LogP) is 1.49. The summed E-state index contributed by atoms with van der Waals surface area (Å²) in [6.07, 6.45) is 5.96. The maximum Gasteiger partial charge on any atom is 0.147 e. The first-order chi connectivity index (χ1) is 8.59. The van der Waals surface area contributed by atoms with Gasteiger partial charge in [0.05, 0.1) is 6.42 Å². The number of hydrogen-bond acceptors (Lipinski definition) is 4. The number of ketones is 1. The van der Waals surface area contributed by atoms with Crippen LogP contribution in [0.15, 0.2) is 6.33 Å². The minimum absolute atomic E-state index is 0.229. The van der Waals surface area contributed by atoms with Crippen LogP contribution in [0.5, 0.6) is 0 Å². The smallest absolute Gasteiger partial charge is 0.147 e. The van der Waals surface area contributed by atoms with Crippen molar-refractivity contribution in [2.45, 2.75) is 52.0 Å². The van der Waals surface area contributed by atoms with Crippen LogP contribution in [0.1, 0.15) is 51.4 Å². The van der Waals surface area contributed by atoms with E-state index in [1.165, 1.54) is 6.33 Å². The van der Waals surface area contributed by atoms with E-state index in [2.05, 4.69) is 10.1 Å². The van der Waals surface area contributed by atoms with Crippen molar-refractivity contribution in [2.75, 3.05) is 6.54 Å². The van der Waals surface area contributed by atoms with Crippen molar-refractivity contribution >= 4 is 5.78 Å². The molecule has 0 radical (unpaired) electrons. The van der Waals surface area contributed by atoms with Gasteiger partial charge in [0.25, 0.3) is 0 Å². The van der Waals surface area contributed by atoms with Crippen LogP contribution in [0, 0.1) is 5.41 Å². The molecule has 0 bridgehead atoms. The molecule has 1 aliphatic carbocycles. The maximum atomic E-state index is 12.5. The molecule has 0 aliphatic heterocycles. The molecule has 0 aromatic carbocycles. The summed E-state index contributed by atoms with van der Waals surface area (Å²) in [6.45, 7) is 4.54. The zero-order valence-electron chi connectivity index (χ0n) is 11.2. The second kappa shape index (κ2) is 5.18. The lowest BCUT2D eigenvalue weighted by molar-refractivity contribution is -0.127. The molecule has 2 N–H and O–H groups in total. The number of aromatic nitrogens is 3. The number of carbonyl (C=O) groups excluding carboxylic acids is 1. The van der Waals surface area contributed by atoms with Gasteiger partial charge < -0.3 is 5.73 Å². The minimum atomic E-state index is -0.298. The standard InChI is InChI=1S/C13H22N4O/c1-10(2)17-12(15-9-16-17)7-11(18)13(8-14)5-3-4-6-13/h9-10H,3-8,14H2,1-2H3. The minimum Gasteiger partial charge on any atom is -0.329 e. The summed E-state index contributed by atoms with van der Waals surface area (Å²) in [6, 6.07) is 0.229. The highest BCUT2D eigenvalue weighted by molar-refractivity contribution is 5.86. The summed E-state index contributed by atoms with van der Waals surface area (Å²) in [5.41, 5.74) is 5.53. The first-order valence-electron chi connectivity index (χ1n) is 6.71. The molecule has 1 saturated carbocycles. The van der Waals surface area contributed by atoms with E-state index in [1.807, 2.05) is 18.5 Å². The topological polar surface area (TPSA) is 73.8 Å². The van der Waals surface area contributed by atoms with Crippen molar-refractivity contribution in [1.82, 2.24) is 14.8 Å². The lowest BCUT2D eigenvalue weighted by atomic mass is 9.80. The average molecular weight is 250 g/mol. The van der Waals surface area contributed by atoms with Crippen LogP contribution in [-0.4, -0.2) is 27.1 Å². The van der Waals surface area contributed by atoms with E-state index in [9.17, 15) is 4.79 Å². The number of rotatable bonds is 5. The van der Waals surface area contributed by atoms with Crippen molar-refractivity contribution in [1.29, 1.82) is 0 Å². The third kappa shape index (κ3) is 2.32. The number of carbonyl (C=O) groups is 1. The molecule has 0 amide bonds. The van der Waals surface area contributed by atoms with Gasteiger partial charge in [0.2, 0.25) is 0 Å². The Morgan fingerprint density at radius 1 is 1.50 bits per heavy atom. The molecule has 1 aromatic rings. The lowest BCUT2D eigenvalue weighted by Crippen LogP contribution is -2.37. The van der Waals surface area contributed by atoms with Crippen molar-refractivity contribution in [2.24, 2.45) is 11.1 Å². The molecule has 1 aromatic heterocycles. The van der Waals surface area contributed by atoms with Gasteiger partial charge in [-0.2, -0.15) is 5.10 Å². The molecule has 0 saturated heterocycles. The maximum absolute atomic E-state index is 12.5. The molecule has 1 fully saturated rings. The van der Waals surface area contributed by atoms with Crippen molar-refractivity contribution in [3.63, 3.8) is 0 Å². The van der Waals surface area contributed by atoms with Gasteiger partial charge >= 0.3 is 0 Å². The Labute approximate surface area is 108 Å². The summed E-state index contributed by atoms with van der Waals surface area (Å²) < 4.78 is 1.82. The molecule has 5 nitrogen and oxygen atoms in total. The van der Waals surface area contributed by atoms with E-state index in [0.717, 1.165) is 31.5 Å². The second-order valence-corrected chi connectivity index (χ2v) is 5.51. The summed E-state index contributed by atoms with van der Waals surface area (Å²) >= 11 is 0. The highest BCUT2D eigenvalue weighted by atomic mass is 16.1. The predicted molar refractivity (Wildman–Crippen MR) is 69.1 cm³/mol. The highest BCUT2D eigenvalue weighted by Gasteiger charge is 2.39. The molecule has 100 valence electrons. The van der Waals surface area contributed by atoms with Crippen molar-refractivity contribution < 1.29 is 4.79 Å². The zero-order chi connectivity index (χ0) is 13.2. The van der Waals surface area contributed by atoms with E-state index >= 15 is 0 Å². The Morgan fingerprint density at radius 3 is 2.72 bits per heavy atom. The van der Waals surface area contributed by atoms with Crippen LogP contribution in [0.2, 0.25) is 0 Å². The second-order valence-electron chi connectivity index (χ2n) is 5.51. The fourth-order valence-corrected chi connectivity index (χ4v) is 2.81. The van der Waals surface area contributed by atoms with E-state index in [0.29, 0.717) is 13.0 Å². The van der Waals surface area contributed by atoms with Crippen LogP contribution < -0.4 is 5.73 Å². The Hall–Kier alpha value is -1.23. The fourth-order valence-electron chi connectivity index (χ4n) is 2.81. The number of nitrogens with zero attached hydrogens (tertiary/aromatic N) is 3. The van der Waals surface area contributed by atoms with Gasteiger partial charge in [-0.05, 0) is 26.7 Å². The molecule has 0 unspecified atom stereocenters. The lowest BCUT2D eigenvalue weighted by Gasteiger charge is -2.25. The largest absolute Gasteiger partial charge is 0.329 e. The van der Waals surface area contributed by atoms with Crippen LogP contribution >= 0.6 is 0 Å². The molecule has 2 rings (SSSR count). The van der Waals surface area contributed by atoms with E-state index < -0.39 is 0 Å². The molecule has 0 atom stereocenters. The Kier molecular flexibility index (Phi) is 3.80. The molecule has 5 heteroatoms. The summed E-state index contributed by atoms with van der Waals surface area (Å²) in [7, 11) is 0. The zero-order valence-corrected chi connectivity index (χ0v) is 11.2. The molecular weight excluding hydrogens is 228 g/mol. The Balaban J connectivity index is 2.13. The number of nitrogens with two attached hydrogens (primary N) is 1. The summed E-state index contributed by atoms with van der Waals surface area (Å²) in [5.74, 6) is 0.993. The SMILES string of the molecule is CC(C)n1ncnc1CC(=O)C1(CN)CCCC1. The monoisotopic (exact) mass is 250 g/mol. The number of hydrogen-bond donors (Lipinski definition) is 1. The van der Waals surface area contributed by atoms with Gasteiger partial charge in [0.15, 0.2) is 0 Å². The number of Topliss-reactive ketones (excluding diaryl/α,β-unsaturated/α-hetero) is 1. The highest BCUT2D eigenvalue weighted by Crippen LogP contribution is 2.38. The van der Waals surface area contributed by atoms with Crippen LogP contribution in [0.3, 0.4) is 0 Å². The van der Waals surface area contributed by atoms with E-state index in [-0.39, 0.29) is 17.2 Å². The Morgan fingerprint density at radius 2 is 2.17 bits per heavy atom. The van der Waals surface area contributed by atoms with Crippen LogP contribution in [0.25, 0.3) is 0 Å². The average Bonchev–Trinajstić information content (AvgIpc) is 2.97. The quantitative estimate of drug-likeness (QED) is 0.859. The molecule has 18 heavy (non-hydrogen) atoms. The summed E-state index contributed by atoms with van der Waals surface area (Å²) in [4.78, 5) is 16.7. The first-order valence-corrected chi connectivity index (χ1v) is 6.71. The molecule has 1 heterocycles. The first kappa shape index (κ1) is 13.2. The van der Waals surface area contributed by atoms with Crippen LogP contribution in [-0.2, 0) is 11.2 Å². The van der Waals surface area contributed by atoms with Crippen molar-refractivity contribution in [3.8, 4) is 0 Å². The van der Waals surface area contributed by atoms with E-state index in [4.69, 9.17) is 5.73 Å². The normalized spacial score (nSPS) is 18.4. The van der Waals surface area contributed by atoms with E-state index in [1.54, 1.807) is 0 Å². The molecular formula is C13H22N4O. The molecule has 1 aliphatic rings. The Bertz CT molecular complexity index is 418. The van der Waals surface area contributed by atoms with Gasteiger partial charge in [0, 0.05) is 18.0 Å². The molecule has 0 spiro atoms. The third-order valence-corrected chi connectivity index (χ3v) is 4.00. The van der Waals surface area contributed by atoms with Gasteiger partial charge in [-0.15, -0.1) is 0 Å². The van der Waals surface area contributed by atoms with Gasteiger partial charge in [-0.1, -0.05) is 12.8 Å². The summed E-state index contributed by atoms with van der Waals surface area (Å²) in [5, 5.41) is 4.17. The third-order valence-electron chi connectivity index (χ3n) is 4.00. The van der Waals surface area contributed by atoms with Gasteiger partial charge in [-0.3, -0.25) is 4.79 Å².